The third-order valence-electron chi connectivity index (χ3n) is 3.46. The second-order valence-corrected chi connectivity index (χ2v) is 5.21. The molecule has 0 unspecified atom stereocenters. The van der Waals surface area contributed by atoms with Gasteiger partial charge in [0.1, 0.15) is 5.65 Å². The summed E-state index contributed by atoms with van der Waals surface area (Å²) in [5.74, 6) is 0. The van der Waals surface area contributed by atoms with E-state index in [9.17, 15) is 4.79 Å². The zero-order valence-electron chi connectivity index (χ0n) is 11.4. The monoisotopic (exact) mass is 306 g/mol. The van der Waals surface area contributed by atoms with Crippen LogP contribution >= 0.6 is 12.2 Å². The maximum Gasteiger partial charge on any atom is 0.277 e. The van der Waals surface area contributed by atoms with Crippen LogP contribution in [-0.4, -0.2) is 19.6 Å². The Morgan fingerprint density at radius 1 is 1.00 bits per heavy atom. The molecule has 2 heterocycles. The van der Waals surface area contributed by atoms with E-state index in [0.29, 0.717) is 16.1 Å². The molecule has 0 atom stereocenters. The number of nitrogens with zero attached hydrogens (tertiary/aromatic N) is 3. The molecule has 22 heavy (non-hydrogen) atoms. The van der Waals surface area contributed by atoms with Crippen LogP contribution in [-0.2, 0) is 0 Å². The van der Waals surface area contributed by atoms with Crippen LogP contribution in [0.3, 0.4) is 0 Å². The van der Waals surface area contributed by atoms with Crippen molar-refractivity contribution >= 4 is 28.8 Å². The van der Waals surface area contributed by atoms with Crippen molar-refractivity contribution in [3.05, 3.63) is 69.7 Å². The number of hydrogen-bond acceptors (Lipinski definition) is 4. The molecule has 0 saturated heterocycles. The summed E-state index contributed by atoms with van der Waals surface area (Å²) in [7, 11) is 0. The molecule has 0 spiro atoms. The highest BCUT2D eigenvalue weighted by Gasteiger charge is 2.10. The Balaban J connectivity index is 2.15. The second kappa shape index (κ2) is 4.85. The lowest BCUT2D eigenvalue weighted by molar-refractivity contribution is 0.856. The van der Waals surface area contributed by atoms with Crippen molar-refractivity contribution in [1.29, 1.82) is 0 Å². The number of benzene rings is 2. The predicted molar refractivity (Wildman–Crippen MR) is 87.4 cm³/mol. The fourth-order valence-electron chi connectivity index (χ4n) is 2.44. The van der Waals surface area contributed by atoms with Crippen LogP contribution in [0.5, 0.6) is 0 Å². The lowest BCUT2D eigenvalue weighted by Crippen LogP contribution is -2.17. The second-order valence-electron chi connectivity index (χ2n) is 4.84. The first-order valence-electron chi connectivity index (χ1n) is 6.71. The van der Waals surface area contributed by atoms with Gasteiger partial charge in [-0.15, -0.1) is 0 Å². The first-order chi connectivity index (χ1) is 10.7. The largest absolute Gasteiger partial charge is 0.304 e. The summed E-state index contributed by atoms with van der Waals surface area (Å²) in [6, 6.07) is 16.8. The minimum Gasteiger partial charge on any atom is -0.304 e. The number of nitrogens with one attached hydrogen (secondary N) is 1. The number of aromatic nitrogens is 4. The molecule has 0 aliphatic heterocycles. The van der Waals surface area contributed by atoms with Gasteiger partial charge >= 0.3 is 0 Å². The van der Waals surface area contributed by atoms with Gasteiger partial charge in [0.25, 0.3) is 5.56 Å². The molecule has 106 valence electrons. The van der Waals surface area contributed by atoms with Gasteiger partial charge in [-0.2, -0.15) is 9.61 Å². The van der Waals surface area contributed by atoms with Gasteiger partial charge in [0, 0.05) is 10.9 Å². The molecule has 2 aromatic carbocycles. The van der Waals surface area contributed by atoms with Crippen molar-refractivity contribution in [2.75, 3.05) is 0 Å². The molecule has 2 aromatic heterocycles. The molecule has 0 amide bonds. The molecule has 0 saturated carbocycles. The standard InChI is InChI=1S/C16H10N4OS/c21-15-13(10-6-2-1-3-7-10)19-20-14(18-15)11-8-4-5-9-12(11)17-16(20)22/h1-9H,(H,18,21). The van der Waals surface area contributed by atoms with Crippen LogP contribution in [0.1, 0.15) is 0 Å². The molecule has 4 aromatic rings. The number of rotatable bonds is 1. The molecule has 0 radical (unpaired) electrons. The van der Waals surface area contributed by atoms with E-state index >= 15 is 0 Å². The summed E-state index contributed by atoms with van der Waals surface area (Å²) in [6.07, 6.45) is 0. The van der Waals surface area contributed by atoms with Gasteiger partial charge in [0.2, 0.25) is 4.77 Å². The molecule has 5 nitrogen and oxygen atoms in total. The minimum absolute atomic E-state index is 0.253. The topological polar surface area (TPSA) is 63.0 Å². The SMILES string of the molecule is O=c1[nH]c2c3ccccc3nc(=S)n2nc1-c1ccccc1. The molecule has 0 fully saturated rings. The smallest absolute Gasteiger partial charge is 0.277 e. The molecule has 6 heteroatoms. The lowest BCUT2D eigenvalue weighted by Gasteiger charge is -2.06. The third-order valence-corrected chi connectivity index (χ3v) is 3.73. The van der Waals surface area contributed by atoms with E-state index in [1.165, 1.54) is 4.52 Å². The lowest BCUT2D eigenvalue weighted by atomic mass is 10.2. The molecule has 0 aliphatic carbocycles. The van der Waals surface area contributed by atoms with Gasteiger partial charge in [-0.05, 0) is 24.4 Å². The number of H-pyrrole nitrogens is 1. The van der Waals surface area contributed by atoms with Gasteiger partial charge in [0.05, 0.1) is 5.52 Å². The van der Waals surface area contributed by atoms with Gasteiger partial charge in [-0.3, -0.25) is 4.79 Å². The van der Waals surface area contributed by atoms with Crippen molar-refractivity contribution in [2.45, 2.75) is 0 Å². The number of fused-ring (bicyclic) bond motifs is 3. The van der Waals surface area contributed by atoms with E-state index in [-0.39, 0.29) is 5.56 Å². The van der Waals surface area contributed by atoms with Crippen LogP contribution in [0.25, 0.3) is 27.8 Å². The first kappa shape index (κ1) is 12.8. The summed E-state index contributed by atoms with van der Waals surface area (Å²) in [6.45, 7) is 0. The van der Waals surface area contributed by atoms with Crippen molar-refractivity contribution < 1.29 is 0 Å². The van der Waals surface area contributed by atoms with Crippen LogP contribution in [0.2, 0.25) is 0 Å². The number of aromatic amines is 1. The average molecular weight is 306 g/mol. The quantitative estimate of drug-likeness (QED) is 0.434. The Bertz CT molecular complexity index is 1120. The fraction of sp³-hybridized carbons (Fsp3) is 0. The van der Waals surface area contributed by atoms with Gasteiger partial charge in [0.15, 0.2) is 5.69 Å². The number of hydrogen-bond donors (Lipinski definition) is 1. The summed E-state index contributed by atoms with van der Waals surface area (Å²) in [5, 5.41) is 5.21. The van der Waals surface area contributed by atoms with Crippen LogP contribution in [0.4, 0.5) is 0 Å². The Hall–Kier alpha value is -2.86. The Morgan fingerprint density at radius 3 is 2.55 bits per heavy atom. The van der Waals surface area contributed by atoms with Crippen molar-refractivity contribution in [1.82, 2.24) is 19.6 Å². The normalized spacial score (nSPS) is 11.1. The highest BCUT2D eigenvalue weighted by Crippen LogP contribution is 2.17. The van der Waals surface area contributed by atoms with Crippen LogP contribution in [0.15, 0.2) is 59.4 Å². The third kappa shape index (κ3) is 1.93. The van der Waals surface area contributed by atoms with E-state index < -0.39 is 0 Å². The van der Waals surface area contributed by atoms with Gasteiger partial charge in [-0.1, -0.05) is 42.5 Å². The maximum absolute atomic E-state index is 12.4. The molecular formula is C16H10N4OS. The molecule has 0 aliphatic rings. The van der Waals surface area contributed by atoms with E-state index in [0.717, 1.165) is 16.5 Å². The minimum atomic E-state index is -0.253. The highest BCUT2D eigenvalue weighted by molar-refractivity contribution is 7.71. The molecule has 1 N–H and O–H groups in total. The van der Waals surface area contributed by atoms with Gasteiger partial charge < -0.3 is 4.98 Å². The van der Waals surface area contributed by atoms with E-state index in [2.05, 4.69) is 15.1 Å². The summed E-state index contributed by atoms with van der Waals surface area (Å²) in [4.78, 5) is 19.6. The van der Waals surface area contributed by atoms with Gasteiger partial charge in [-0.25, -0.2) is 4.98 Å². The van der Waals surface area contributed by atoms with Crippen molar-refractivity contribution in [3.63, 3.8) is 0 Å². The first-order valence-corrected chi connectivity index (χ1v) is 7.12. The Kier molecular flexibility index (Phi) is 2.83. The van der Waals surface area contributed by atoms with E-state index in [1.54, 1.807) is 0 Å². The zero-order chi connectivity index (χ0) is 15.1. The highest BCUT2D eigenvalue weighted by atomic mass is 32.1. The van der Waals surface area contributed by atoms with E-state index in [4.69, 9.17) is 12.2 Å². The zero-order valence-corrected chi connectivity index (χ0v) is 12.2. The maximum atomic E-state index is 12.4. The fourth-order valence-corrected chi connectivity index (χ4v) is 2.67. The Labute approximate surface area is 129 Å². The summed E-state index contributed by atoms with van der Waals surface area (Å²) < 4.78 is 1.81. The average Bonchev–Trinajstić information content (AvgIpc) is 2.55. The molecule has 4 rings (SSSR count). The Morgan fingerprint density at radius 2 is 1.73 bits per heavy atom. The van der Waals surface area contributed by atoms with E-state index in [1.807, 2.05) is 54.6 Å². The number of para-hydroxylation sites is 1. The molecular weight excluding hydrogens is 296 g/mol. The molecule has 0 bridgehead atoms. The summed E-state index contributed by atoms with van der Waals surface area (Å²) in [5.41, 5.74) is 2.09. The van der Waals surface area contributed by atoms with Crippen LogP contribution in [0, 0.1) is 4.77 Å². The predicted octanol–water partition coefficient (Wildman–Crippen LogP) is 2.97. The van der Waals surface area contributed by atoms with Crippen molar-refractivity contribution in [3.8, 4) is 11.3 Å². The van der Waals surface area contributed by atoms with Crippen LogP contribution < -0.4 is 5.56 Å². The van der Waals surface area contributed by atoms with Crippen molar-refractivity contribution in [2.24, 2.45) is 0 Å². The summed E-state index contributed by atoms with van der Waals surface area (Å²) >= 11 is 5.30.